The molecule has 0 fully saturated rings. The zero-order valence-electron chi connectivity index (χ0n) is 12.1. The fraction of sp³-hybridized carbons (Fsp3) is 0.438. The maximum Gasteiger partial charge on any atom is 0.0638 e. The number of hydrogen-bond donors (Lipinski definition) is 1. The Morgan fingerprint density at radius 1 is 1.26 bits per heavy atom. The Bertz CT molecular complexity index is 502. The van der Waals surface area contributed by atoms with E-state index in [1.165, 1.54) is 11.1 Å². The smallest absolute Gasteiger partial charge is 0.0638 e. The van der Waals surface area contributed by atoms with Gasteiger partial charge in [0, 0.05) is 31.4 Å². The number of rotatable bonds is 6. The normalized spacial score (nSPS) is 12.6. The molecule has 1 aromatic carbocycles. The monoisotopic (exact) mass is 257 g/mol. The topological polar surface area (TPSA) is 29.9 Å². The Balaban J connectivity index is 1.76. The quantitative estimate of drug-likeness (QED) is 0.862. The Morgan fingerprint density at radius 2 is 2.00 bits per heavy atom. The van der Waals surface area contributed by atoms with Crippen LogP contribution in [-0.4, -0.2) is 15.8 Å². The molecular weight excluding hydrogens is 234 g/mol. The second kappa shape index (κ2) is 6.53. The second-order valence-electron chi connectivity index (χ2n) is 5.22. The van der Waals surface area contributed by atoms with Crippen molar-refractivity contribution in [2.45, 2.75) is 39.3 Å². The van der Waals surface area contributed by atoms with Crippen molar-refractivity contribution in [3.63, 3.8) is 0 Å². The third-order valence-electron chi connectivity index (χ3n) is 3.46. The van der Waals surface area contributed by atoms with Gasteiger partial charge in [-0.05, 0) is 32.3 Å². The van der Waals surface area contributed by atoms with Crippen molar-refractivity contribution in [3.05, 3.63) is 53.3 Å². The molecule has 102 valence electrons. The lowest BCUT2D eigenvalue weighted by Gasteiger charge is -2.13. The summed E-state index contributed by atoms with van der Waals surface area (Å²) in [6, 6.07) is 11.2. The summed E-state index contributed by atoms with van der Waals surface area (Å²) in [6.45, 7) is 5.20. The van der Waals surface area contributed by atoms with E-state index in [1.807, 2.05) is 11.7 Å². The van der Waals surface area contributed by atoms with Crippen molar-refractivity contribution in [1.82, 2.24) is 15.1 Å². The average molecular weight is 257 g/mol. The fourth-order valence-corrected chi connectivity index (χ4v) is 2.24. The summed E-state index contributed by atoms with van der Waals surface area (Å²) in [4.78, 5) is 0. The molecule has 0 radical (unpaired) electrons. The van der Waals surface area contributed by atoms with Crippen molar-refractivity contribution in [2.75, 3.05) is 0 Å². The number of hydrogen-bond acceptors (Lipinski definition) is 2. The molecule has 1 atom stereocenters. The van der Waals surface area contributed by atoms with Gasteiger partial charge in [0.2, 0.25) is 0 Å². The standard InChI is InChI=1S/C16H23N3/c1-13(9-10-15-7-5-4-6-8-15)17-11-16-12-19(3)18-14(16)2/h4-8,12-13,17H,9-11H2,1-3H3. The lowest BCUT2D eigenvalue weighted by atomic mass is 10.1. The van der Waals surface area contributed by atoms with Crippen molar-refractivity contribution in [1.29, 1.82) is 0 Å². The highest BCUT2D eigenvalue weighted by atomic mass is 15.2. The van der Waals surface area contributed by atoms with Gasteiger partial charge in [-0.15, -0.1) is 0 Å². The van der Waals surface area contributed by atoms with Crippen LogP contribution in [0.2, 0.25) is 0 Å². The van der Waals surface area contributed by atoms with Gasteiger partial charge in [-0.3, -0.25) is 4.68 Å². The zero-order valence-corrected chi connectivity index (χ0v) is 12.1. The van der Waals surface area contributed by atoms with E-state index in [4.69, 9.17) is 0 Å². The van der Waals surface area contributed by atoms with Crippen LogP contribution >= 0.6 is 0 Å². The molecule has 0 aliphatic heterocycles. The minimum absolute atomic E-state index is 0.514. The molecule has 0 aliphatic rings. The molecule has 3 nitrogen and oxygen atoms in total. The molecule has 0 spiro atoms. The van der Waals surface area contributed by atoms with Gasteiger partial charge in [0.05, 0.1) is 5.69 Å². The number of benzene rings is 1. The first-order valence-electron chi connectivity index (χ1n) is 6.91. The fourth-order valence-electron chi connectivity index (χ4n) is 2.24. The van der Waals surface area contributed by atoms with Gasteiger partial charge >= 0.3 is 0 Å². The maximum atomic E-state index is 4.36. The van der Waals surface area contributed by atoms with E-state index < -0.39 is 0 Å². The van der Waals surface area contributed by atoms with E-state index in [0.717, 1.165) is 25.1 Å². The summed E-state index contributed by atoms with van der Waals surface area (Å²) in [5.74, 6) is 0. The Morgan fingerprint density at radius 3 is 2.63 bits per heavy atom. The molecule has 0 amide bonds. The highest BCUT2D eigenvalue weighted by Crippen LogP contribution is 2.07. The molecule has 0 saturated carbocycles. The van der Waals surface area contributed by atoms with Gasteiger partial charge in [0.15, 0.2) is 0 Å². The third kappa shape index (κ3) is 4.21. The molecule has 0 aliphatic carbocycles. The molecular formula is C16H23N3. The van der Waals surface area contributed by atoms with E-state index in [9.17, 15) is 0 Å². The molecule has 2 aromatic rings. The van der Waals surface area contributed by atoms with Crippen LogP contribution in [0.5, 0.6) is 0 Å². The summed E-state index contributed by atoms with van der Waals surface area (Å²) < 4.78 is 1.88. The number of aromatic nitrogens is 2. The van der Waals surface area contributed by atoms with Gasteiger partial charge in [-0.2, -0.15) is 5.10 Å². The number of aryl methyl sites for hydroxylation is 3. The van der Waals surface area contributed by atoms with Crippen LogP contribution in [0, 0.1) is 6.92 Å². The van der Waals surface area contributed by atoms with Crippen molar-refractivity contribution >= 4 is 0 Å². The van der Waals surface area contributed by atoms with Gasteiger partial charge in [0.25, 0.3) is 0 Å². The van der Waals surface area contributed by atoms with Gasteiger partial charge in [-0.25, -0.2) is 0 Å². The first-order chi connectivity index (χ1) is 9.15. The van der Waals surface area contributed by atoms with Crippen LogP contribution < -0.4 is 5.32 Å². The summed E-state index contributed by atoms with van der Waals surface area (Å²) in [7, 11) is 1.97. The van der Waals surface area contributed by atoms with Gasteiger partial charge < -0.3 is 5.32 Å². The van der Waals surface area contributed by atoms with E-state index in [1.54, 1.807) is 0 Å². The number of nitrogens with zero attached hydrogens (tertiary/aromatic N) is 2. The summed E-state index contributed by atoms with van der Waals surface area (Å²) in [6.07, 6.45) is 4.37. The summed E-state index contributed by atoms with van der Waals surface area (Å²) in [5, 5.41) is 7.93. The van der Waals surface area contributed by atoms with Crippen LogP contribution in [0.1, 0.15) is 30.2 Å². The first kappa shape index (κ1) is 13.8. The Labute approximate surface area is 115 Å². The summed E-state index contributed by atoms with van der Waals surface area (Å²) >= 11 is 0. The second-order valence-corrected chi connectivity index (χ2v) is 5.22. The predicted molar refractivity (Wildman–Crippen MR) is 79.0 cm³/mol. The van der Waals surface area contributed by atoms with Crippen molar-refractivity contribution in [3.8, 4) is 0 Å². The lowest BCUT2D eigenvalue weighted by Crippen LogP contribution is -2.26. The van der Waals surface area contributed by atoms with Crippen LogP contribution in [0.25, 0.3) is 0 Å². The minimum atomic E-state index is 0.514. The molecule has 3 heteroatoms. The Kier molecular flexibility index (Phi) is 4.74. The van der Waals surface area contributed by atoms with Crippen molar-refractivity contribution in [2.24, 2.45) is 7.05 Å². The summed E-state index contributed by atoms with van der Waals surface area (Å²) in [5.41, 5.74) is 3.81. The average Bonchev–Trinajstić information content (AvgIpc) is 2.73. The molecule has 1 aromatic heterocycles. The van der Waals surface area contributed by atoms with E-state index in [-0.39, 0.29) is 0 Å². The molecule has 1 heterocycles. The molecule has 19 heavy (non-hydrogen) atoms. The number of nitrogens with one attached hydrogen (secondary N) is 1. The van der Waals surface area contributed by atoms with Crippen LogP contribution in [0.4, 0.5) is 0 Å². The van der Waals surface area contributed by atoms with Crippen LogP contribution in [0.3, 0.4) is 0 Å². The van der Waals surface area contributed by atoms with Gasteiger partial charge in [0.1, 0.15) is 0 Å². The third-order valence-corrected chi connectivity index (χ3v) is 3.46. The molecule has 0 bridgehead atoms. The van der Waals surface area contributed by atoms with E-state index in [0.29, 0.717) is 6.04 Å². The van der Waals surface area contributed by atoms with Crippen LogP contribution in [0.15, 0.2) is 36.5 Å². The molecule has 0 saturated heterocycles. The lowest BCUT2D eigenvalue weighted by molar-refractivity contribution is 0.513. The molecule has 1 unspecified atom stereocenters. The van der Waals surface area contributed by atoms with E-state index >= 15 is 0 Å². The van der Waals surface area contributed by atoms with Crippen molar-refractivity contribution < 1.29 is 0 Å². The van der Waals surface area contributed by atoms with Crippen LogP contribution in [-0.2, 0) is 20.0 Å². The van der Waals surface area contributed by atoms with Gasteiger partial charge in [-0.1, -0.05) is 30.3 Å². The Hall–Kier alpha value is -1.61. The van der Waals surface area contributed by atoms with E-state index in [2.05, 4.69) is 60.8 Å². The highest BCUT2D eigenvalue weighted by Gasteiger charge is 2.06. The zero-order chi connectivity index (χ0) is 13.7. The predicted octanol–water partition coefficient (Wildman–Crippen LogP) is 2.84. The first-order valence-corrected chi connectivity index (χ1v) is 6.91. The highest BCUT2D eigenvalue weighted by molar-refractivity contribution is 5.16. The minimum Gasteiger partial charge on any atom is -0.310 e. The maximum absolute atomic E-state index is 4.36. The molecule has 2 rings (SSSR count). The SMILES string of the molecule is Cc1nn(C)cc1CNC(C)CCc1ccccc1. The largest absolute Gasteiger partial charge is 0.310 e. The molecule has 1 N–H and O–H groups in total.